The van der Waals surface area contributed by atoms with Crippen LogP contribution in [-0.2, 0) is 0 Å². The first-order chi connectivity index (χ1) is 9.53. The Morgan fingerprint density at radius 3 is 2.60 bits per heavy atom. The first-order valence-electron chi connectivity index (χ1n) is 6.12. The Balaban J connectivity index is 2.68. The van der Waals surface area contributed by atoms with Crippen LogP contribution < -0.4 is 9.42 Å². The molecule has 1 aromatic carbocycles. The lowest BCUT2D eigenvalue weighted by Gasteiger charge is -2.18. The summed E-state index contributed by atoms with van der Waals surface area (Å²) >= 11 is 6.05. The number of alkyl halides is 1. The molecule has 1 heterocycles. The number of hydrogen-bond acceptors (Lipinski definition) is 4. The third-order valence-electron chi connectivity index (χ3n) is 3.48. The Bertz CT molecular complexity index is 548. The molecule has 0 aliphatic carbocycles. The van der Waals surface area contributed by atoms with E-state index in [-0.39, 0.29) is 5.92 Å². The summed E-state index contributed by atoms with van der Waals surface area (Å²) in [4.78, 5) is 20.3. The summed E-state index contributed by atoms with van der Waals surface area (Å²) in [5.74, 6) is 1.12. The molecule has 0 bridgehead atoms. The monoisotopic (exact) mass is 313 g/mol. The number of fused-ring (bicyclic) bond motifs is 1. The van der Waals surface area contributed by atoms with Crippen LogP contribution >= 0.6 is 20.2 Å². The maximum atomic E-state index is 9.11. The average Bonchev–Trinajstić information content (AvgIpc) is 2.73. The van der Waals surface area contributed by atoms with Gasteiger partial charge in [-0.05, 0) is 11.1 Å². The number of hydrogen-bond donors (Lipinski definition) is 2. The van der Waals surface area contributed by atoms with Gasteiger partial charge in [-0.25, -0.2) is 0 Å². The number of benzene rings is 1. The molecular formula is C14H17ClNO3P. The van der Waals surface area contributed by atoms with Crippen LogP contribution in [0, 0.1) is 0 Å². The molecule has 2 N–H and O–H groups in total. The third-order valence-corrected chi connectivity index (χ3v) is 4.21. The van der Waals surface area contributed by atoms with Crippen LogP contribution in [0.5, 0.6) is 5.75 Å². The van der Waals surface area contributed by atoms with Gasteiger partial charge in [-0.1, -0.05) is 25.3 Å². The fourth-order valence-corrected chi connectivity index (χ4v) is 3.26. The van der Waals surface area contributed by atoms with Crippen molar-refractivity contribution in [3.63, 3.8) is 0 Å². The van der Waals surface area contributed by atoms with E-state index in [0.717, 1.165) is 23.4 Å². The summed E-state index contributed by atoms with van der Waals surface area (Å²) in [5, 5.41) is 0. The molecule has 0 unspecified atom stereocenters. The maximum absolute atomic E-state index is 9.11. The highest BCUT2D eigenvalue weighted by molar-refractivity contribution is 7.39. The Labute approximate surface area is 124 Å². The van der Waals surface area contributed by atoms with Gasteiger partial charge < -0.3 is 19.2 Å². The van der Waals surface area contributed by atoms with Crippen molar-refractivity contribution in [2.45, 2.75) is 5.92 Å². The van der Waals surface area contributed by atoms with Crippen molar-refractivity contribution in [1.82, 2.24) is 0 Å². The van der Waals surface area contributed by atoms with Crippen molar-refractivity contribution in [3.8, 4) is 5.75 Å². The van der Waals surface area contributed by atoms with E-state index in [1.54, 1.807) is 18.2 Å². The van der Waals surface area contributed by atoms with Crippen LogP contribution in [0.2, 0.25) is 0 Å². The van der Waals surface area contributed by atoms with E-state index in [0.29, 0.717) is 17.2 Å². The van der Waals surface area contributed by atoms with Crippen molar-refractivity contribution in [1.29, 1.82) is 0 Å². The molecule has 0 saturated heterocycles. The zero-order chi connectivity index (χ0) is 14.9. The second-order valence-corrected chi connectivity index (χ2v) is 5.62. The minimum Gasteiger partial charge on any atom is -0.426 e. The molecule has 6 heteroatoms. The van der Waals surface area contributed by atoms with Gasteiger partial charge in [-0.3, -0.25) is 0 Å². The summed E-state index contributed by atoms with van der Waals surface area (Å²) in [6, 6.07) is 1.80. The van der Waals surface area contributed by atoms with E-state index < -0.39 is 8.60 Å². The van der Waals surface area contributed by atoms with Crippen molar-refractivity contribution in [2.24, 2.45) is 0 Å². The van der Waals surface area contributed by atoms with Gasteiger partial charge in [-0.2, -0.15) is 0 Å². The van der Waals surface area contributed by atoms with Crippen LogP contribution in [0.15, 0.2) is 19.2 Å². The molecule has 108 valence electrons. The van der Waals surface area contributed by atoms with E-state index in [1.165, 1.54) is 0 Å². The number of halogens is 1. The SMILES string of the molecule is C=Cc1c(OP(O)O)cc2c(c1C=C)[C@H](CCl)CN2C. The van der Waals surface area contributed by atoms with Crippen LogP contribution in [0.3, 0.4) is 0 Å². The standard InChI is InChI=1S/C14H17ClNO3P/c1-4-10-11(5-2)14-9(7-15)8-16(3)12(14)6-13(10)19-20(17)18/h4-6,9,17-18H,1-2,7-8H2,3H3/t9-/m1/s1. The molecule has 1 aliphatic rings. The molecular weight excluding hydrogens is 297 g/mol. The molecule has 0 saturated carbocycles. The molecule has 0 spiro atoms. The molecule has 4 nitrogen and oxygen atoms in total. The number of likely N-dealkylation sites (N-methyl/N-ethyl adjacent to an activating group) is 1. The van der Waals surface area contributed by atoms with Crippen molar-refractivity contribution >= 4 is 38.0 Å². The lowest BCUT2D eigenvalue weighted by molar-refractivity contribution is 0.375. The molecule has 1 aliphatic heterocycles. The fourth-order valence-electron chi connectivity index (χ4n) is 2.68. The second-order valence-electron chi connectivity index (χ2n) is 4.62. The van der Waals surface area contributed by atoms with Gasteiger partial charge >= 0.3 is 8.60 Å². The highest BCUT2D eigenvalue weighted by Gasteiger charge is 2.30. The minimum atomic E-state index is -2.48. The number of nitrogens with zero attached hydrogens (tertiary/aromatic N) is 1. The van der Waals surface area contributed by atoms with Crippen molar-refractivity contribution < 1.29 is 14.3 Å². The quantitative estimate of drug-likeness (QED) is 0.646. The van der Waals surface area contributed by atoms with Gasteiger partial charge in [0.15, 0.2) is 0 Å². The van der Waals surface area contributed by atoms with Crippen molar-refractivity contribution in [2.75, 3.05) is 24.4 Å². The molecule has 0 aromatic heterocycles. The predicted molar refractivity (Wildman–Crippen MR) is 85.3 cm³/mol. The number of rotatable bonds is 5. The van der Waals surface area contributed by atoms with Gasteiger partial charge in [0.1, 0.15) is 5.75 Å². The topological polar surface area (TPSA) is 52.9 Å². The van der Waals surface area contributed by atoms with Gasteiger partial charge in [0, 0.05) is 42.7 Å². The highest BCUT2D eigenvalue weighted by atomic mass is 35.5. The first-order valence-corrected chi connectivity index (χ1v) is 7.82. The van der Waals surface area contributed by atoms with E-state index in [2.05, 4.69) is 18.1 Å². The normalized spacial score (nSPS) is 17.2. The highest BCUT2D eigenvalue weighted by Crippen LogP contribution is 2.46. The lowest BCUT2D eigenvalue weighted by atomic mass is 9.92. The largest absolute Gasteiger partial charge is 0.426 e. The van der Waals surface area contributed by atoms with E-state index in [9.17, 15) is 0 Å². The maximum Gasteiger partial charge on any atom is 0.391 e. The minimum absolute atomic E-state index is 0.210. The molecule has 0 fully saturated rings. The van der Waals surface area contributed by atoms with Gasteiger partial charge in [0.05, 0.1) is 0 Å². The fraction of sp³-hybridized carbons (Fsp3) is 0.286. The number of anilines is 1. The van der Waals surface area contributed by atoms with E-state index >= 15 is 0 Å². The molecule has 0 radical (unpaired) electrons. The molecule has 1 aromatic rings. The van der Waals surface area contributed by atoms with Crippen LogP contribution in [0.4, 0.5) is 5.69 Å². The summed E-state index contributed by atoms with van der Waals surface area (Å²) in [6.45, 7) is 8.43. The van der Waals surface area contributed by atoms with Gasteiger partial charge in [0.2, 0.25) is 0 Å². The third kappa shape index (κ3) is 2.57. The van der Waals surface area contributed by atoms with Crippen molar-refractivity contribution in [3.05, 3.63) is 35.9 Å². The Hall–Kier alpha value is -1.06. The summed E-state index contributed by atoms with van der Waals surface area (Å²) in [6.07, 6.45) is 3.37. The Kier molecular flexibility index (Phi) is 4.71. The van der Waals surface area contributed by atoms with Crippen LogP contribution in [0.1, 0.15) is 22.6 Å². The first kappa shape index (κ1) is 15.3. The Morgan fingerprint density at radius 2 is 2.10 bits per heavy atom. The Morgan fingerprint density at radius 1 is 1.45 bits per heavy atom. The predicted octanol–water partition coefficient (Wildman–Crippen LogP) is 3.34. The summed E-state index contributed by atoms with van der Waals surface area (Å²) < 4.78 is 5.12. The summed E-state index contributed by atoms with van der Waals surface area (Å²) in [5.41, 5.74) is 3.68. The molecule has 0 amide bonds. The van der Waals surface area contributed by atoms with Crippen LogP contribution in [0.25, 0.3) is 12.2 Å². The molecule has 2 rings (SSSR count). The van der Waals surface area contributed by atoms with E-state index in [1.807, 2.05) is 7.05 Å². The van der Waals surface area contributed by atoms with Crippen LogP contribution in [-0.4, -0.2) is 29.3 Å². The zero-order valence-electron chi connectivity index (χ0n) is 11.2. The van der Waals surface area contributed by atoms with Gasteiger partial charge in [0.25, 0.3) is 0 Å². The second kappa shape index (κ2) is 6.15. The summed E-state index contributed by atoms with van der Waals surface area (Å²) in [7, 11) is -0.510. The molecule has 20 heavy (non-hydrogen) atoms. The average molecular weight is 314 g/mol. The van der Waals surface area contributed by atoms with E-state index in [4.69, 9.17) is 25.9 Å². The zero-order valence-corrected chi connectivity index (χ0v) is 12.9. The smallest absolute Gasteiger partial charge is 0.391 e. The molecule has 1 atom stereocenters. The van der Waals surface area contributed by atoms with Gasteiger partial charge in [-0.15, -0.1) is 11.6 Å². The lowest BCUT2D eigenvalue weighted by Crippen LogP contribution is -2.15.